The van der Waals surface area contributed by atoms with Crippen LogP contribution < -0.4 is 9.47 Å². The van der Waals surface area contributed by atoms with E-state index in [0.29, 0.717) is 5.75 Å². The van der Waals surface area contributed by atoms with Crippen molar-refractivity contribution in [1.82, 2.24) is 0 Å². The van der Waals surface area contributed by atoms with Crippen LogP contribution in [0.25, 0.3) is 0 Å². The predicted molar refractivity (Wildman–Crippen MR) is 70.8 cm³/mol. The highest BCUT2D eigenvalue weighted by Crippen LogP contribution is 2.30. The number of phenols is 1. The van der Waals surface area contributed by atoms with Crippen molar-refractivity contribution >= 4 is 11.9 Å². The molecule has 0 aliphatic heterocycles. The summed E-state index contributed by atoms with van der Waals surface area (Å²) in [4.78, 5) is 22.8. The van der Waals surface area contributed by atoms with E-state index in [4.69, 9.17) is 9.47 Å². The van der Waals surface area contributed by atoms with Crippen molar-refractivity contribution in [2.45, 2.75) is 6.92 Å². The summed E-state index contributed by atoms with van der Waals surface area (Å²) in [6.45, 7) is 1.20. The zero-order valence-electron chi connectivity index (χ0n) is 10.7. The lowest BCUT2D eigenvalue weighted by Gasteiger charge is -2.09. The van der Waals surface area contributed by atoms with Crippen LogP contribution in [0.5, 0.6) is 17.2 Å². The molecule has 20 heavy (non-hydrogen) atoms. The smallest absolute Gasteiger partial charge is 0.347 e. The second-order valence-electron chi connectivity index (χ2n) is 3.95. The molecule has 0 saturated heterocycles. The molecule has 2 aromatic carbocycles. The first kappa shape index (κ1) is 13.6. The summed E-state index contributed by atoms with van der Waals surface area (Å²) in [5, 5.41) is 9.91. The number of aromatic hydroxyl groups is 1. The minimum Gasteiger partial charge on any atom is -0.504 e. The quantitative estimate of drug-likeness (QED) is 0.686. The highest BCUT2D eigenvalue weighted by atomic mass is 16.5. The first-order valence-electron chi connectivity index (χ1n) is 5.85. The third kappa shape index (κ3) is 3.14. The van der Waals surface area contributed by atoms with Crippen LogP contribution in [0.4, 0.5) is 0 Å². The first-order chi connectivity index (χ1) is 9.58. The molecule has 5 nitrogen and oxygen atoms in total. The highest BCUT2D eigenvalue weighted by Gasteiger charge is 2.18. The normalized spacial score (nSPS) is 9.85. The Morgan fingerprint density at radius 1 is 0.950 bits per heavy atom. The van der Waals surface area contributed by atoms with Gasteiger partial charge in [0.15, 0.2) is 11.5 Å². The number of benzene rings is 2. The number of rotatable bonds is 3. The van der Waals surface area contributed by atoms with Crippen molar-refractivity contribution < 1.29 is 24.2 Å². The maximum atomic E-state index is 12.0. The standard InChI is InChI=1S/C15H12O5/c1-10(16)19-13-9-5-8-12(14(13)17)15(18)20-11-6-3-2-4-7-11/h2-9,17H,1H3. The van der Waals surface area contributed by atoms with Gasteiger partial charge in [-0.2, -0.15) is 0 Å². The lowest BCUT2D eigenvalue weighted by Crippen LogP contribution is -2.10. The number of ether oxygens (including phenoxy) is 2. The number of carbonyl (C=O) groups is 2. The number of carbonyl (C=O) groups excluding carboxylic acids is 2. The molecule has 0 aromatic heterocycles. The molecular formula is C15H12O5. The topological polar surface area (TPSA) is 72.8 Å². The number of esters is 2. The summed E-state index contributed by atoms with van der Waals surface area (Å²) in [7, 11) is 0. The number of phenolic OH excluding ortho intramolecular Hbond substituents is 1. The van der Waals surface area contributed by atoms with Crippen molar-refractivity contribution in [3.05, 3.63) is 54.1 Å². The molecule has 2 rings (SSSR count). The van der Waals surface area contributed by atoms with Gasteiger partial charge in [0.05, 0.1) is 0 Å². The van der Waals surface area contributed by atoms with E-state index in [-0.39, 0.29) is 11.3 Å². The second-order valence-corrected chi connectivity index (χ2v) is 3.95. The molecule has 102 valence electrons. The molecule has 0 aliphatic rings. The Balaban J connectivity index is 2.24. The SMILES string of the molecule is CC(=O)Oc1cccc(C(=O)Oc2ccccc2)c1O. The molecule has 0 heterocycles. The Labute approximate surface area is 115 Å². The maximum absolute atomic E-state index is 12.0. The van der Waals surface area contributed by atoms with Gasteiger partial charge in [-0.3, -0.25) is 4.79 Å². The van der Waals surface area contributed by atoms with Gasteiger partial charge in [0.2, 0.25) is 0 Å². The summed E-state index contributed by atoms with van der Waals surface area (Å²) in [6.07, 6.45) is 0. The minimum absolute atomic E-state index is 0.0763. The fraction of sp³-hybridized carbons (Fsp3) is 0.0667. The molecule has 0 atom stereocenters. The Kier molecular flexibility index (Phi) is 4.00. The summed E-state index contributed by atoms with van der Waals surface area (Å²) in [6, 6.07) is 12.7. The number of para-hydroxylation sites is 2. The Bertz CT molecular complexity index is 634. The molecule has 0 fully saturated rings. The fourth-order valence-electron chi connectivity index (χ4n) is 1.57. The largest absolute Gasteiger partial charge is 0.504 e. The lowest BCUT2D eigenvalue weighted by atomic mass is 10.2. The van der Waals surface area contributed by atoms with Crippen LogP contribution in [-0.2, 0) is 4.79 Å². The van der Waals surface area contributed by atoms with Gasteiger partial charge in [0.1, 0.15) is 11.3 Å². The molecule has 1 N–H and O–H groups in total. The minimum atomic E-state index is -0.734. The summed E-state index contributed by atoms with van der Waals surface area (Å²) < 4.78 is 9.89. The highest BCUT2D eigenvalue weighted by molar-refractivity contribution is 5.95. The molecule has 0 bridgehead atoms. The number of hydrogen-bond donors (Lipinski definition) is 1. The van der Waals surface area contributed by atoms with Crippen LogP contribution in [0.1, 0.15) is 17.3 Å². The predicted octanol–water partition coefficient (Wildman–Crippen LogP) is 2.54. The van der Waals surface area contributed by atoms with Gasteiger partial charge >= 0.3 is 11.9 Å². The van der Waals surface area contributed by atoms with E-state index >= 15 is 0 Å². The molecule has 0 spiro atoms. The van der Waals surface area contributed by atoms with Crippen LogP contribution in [0, 0.1) is 0 Å². The molecular weight excluding hydrogens is 260 g/mol. The van der Waals surface area contributed by atoms with Gasteiger partial charge in [0, 0.05) is 6.92 Å². The third-order valence-corrected chi connectivity index (χ3v) is 2.43. The van der Waals surface area contributed by atoms with Gasteiger partial charge in [0.25, 0.3) is 0 Å². The van der Waals surface area contributed by atoms with Crippen molar-refractivity contribution in [3.63, 3.8) is 0 Å². The van der Waals surface area contributed by atoms with Crippen LogP contribution in [0.3, 0.4) is 0 Å². The molecule has 0 aliphatic carbocycles. The van der Waals surface area contributed by atoms with Crippen molar-refractivity contribution in [3.8, 4) is 17.2 Å². The van der Waals surface area contributed by atoms with E-state index in [0.717, 1.165) is 0 Å². The van der Waals surface area contributed by atoms with Gasteiger partial charge in [-0.25, -0.2) is 4.79 Å². The third-order valence-electron chi connectivity index (χ3n) is 2.43. The number of hydrogen-bond acceptors (Lipinski definition) is 5. The first-order valence-corrected chi connectivity index (χ1v) is 5.85. The van der Waals surface area contributed by atoms with Crippen molar-refractivity contribution in [2.75, 3.05) is 0 Å². The summed E-state index contributed by atoms with van der Waals surface area (Å²) in [5.74, 6) is -1.48. The zero-order valence-corrected chi connectivity index (χ0v) is 10.7. The molecule has 0 radical (unpaired) electrons. The van der Waals surface area contributed by atoms with Gasteiger partial charge < -0.3 is 14.6 Å². The average Bonchev–Trinajstić information content (AvgIpc) is 2.41. The van der Waals surface area contributed by atoms with E-state index in [9.17, 15) is 14.7 Å². The molecule has 0 saturated carbocycles. The zero-order chi connectivity index (χ0) is 14.5. The monoisotopic (exact) mass is 272 g/mol. The van der Waals surface area contributed by atoms with Gasteiger partial charge in [-0.05, 0) is 24.3 Å². The van der Waals surface area contributed by atoms with Gasteiger partial charge in [-0.15, -0.1) is 0 Å². The maximum Gasteiger partial charge on any atom is 0.347 e. The second kappa shape index (κ2) is 5.88. The van der Waals surface area contributed by atoms with Gasteiger partial charge in [-0.1, -0.05) is 24.3 Å². The Morgan fingerprint density at radius 3 is 2.30 bits per heavy atom. The van der Waals surface area contributed by atoms with Crippen LogP contribution >= 0.6 is 0 Å². The van der Waals surface area contributed by atoms with E-state index in [1.807, 2.05) is 0 Å². The Hall–Kier alpha value is -2.82. The molecule has 5 heteroatoms. The molecule has 0 unspecified atom stereocenters. The summed E-state index contributed by atoms with van der Waals surface area (Å²) in [5.41, 5.74) is -0.0763. The van der Waals surface area contributed by atoms with Crippen molar-refractivity contribution in [2.24, 2.45) is 0 Å². The lowest BCUT2D eigenvalue weighted by molar-refractivity contribution is -0.132. The van der Waals surface area contributed by atoms with Crippen molar-refractivity contribution in [1.29, 1.82) is 0 Å². The summed E-state index contributed by atoms with van der Waals surface area (Å²) >= 11 is 0. The van der Waals surface area contributed by atoms with Crippen LogP contribution in [-0.4, -0.2) is 17.0 Å². The Morgan fingerprint density at radius 2 is 1.65 bits per heavy atom. The van der Waals surface area contributed by atoms with E-state index < -0.39 is 17.7 Å². The average molecular weight is 272 g/mol. The molecule has 0 amide bonds. The van der Waals surface area contributed by atoms with E-state index in [1.54, 1.807) is 30.3 Å². The van der Waals surface area contributed by atoms with Crippen LogP contribution in [0.2, 0.25) is 0 Å². The fourth-order valence-corrected chi connectivity index (χ4v) is 1.57. The van der Waals surface area contributed by atoms with E-state index in [2.05, 4.69) is 0 Å². The molecule has 2 aromatic rings. The van der Waals surface area contributed by atoms with Crippen LogP contribution in [0.15, 0.2) is 48.5 Å². The van der Waals surface area contributed by atoms with E-state index in [1.165, 1.54) is 25.1 Å².